The molecule has 0 spiro atoms. The molecule has 0 aromatic heterocycles. The van der Waals surface area contributed by atoms with Gasteiger partial charge >= 0.3 is 6.18 Å². The van der Waals surface area contributed by atoms with Gasteiger partial charge in [0.05, 0.1) is 22.5 Å². The fourth-order valence-corrected chi connectivity index (χ4v) is 5.55. The molecule has 0 fully saturated rings. The second-order valence-electron chi connectivity index (χ2n) is 10.7. The summed E-state index contributed by atoms with van der Waals surface area (Å²) in [5.41, 5.74) is 0.693. The Morgan fingerprint density at radius 1 is 0.977 bits per heavy atom. The third-order valence-corrected chi connectivity index (χ3v) is 8.23. The largest absolute Gasteiger partial charge is 0.416 e. The number of nitrogens with one attached hydrogen (secondary N) is 1. The highest BCUT2D eigenvalue weighted by Crippen LogP contribution is 2.36. The van der Waals surface area contributed by atoms with Crippen LogP contribution in [-0.4, -0.2) is 50.5 Å². The minimum absolute atomic E-state index is 0.0496. The number of sulfonamides is 1. The van der Waals surface area contributed by atoms with E-state index in [0.29, 0.717) is 22.5 Å². The van der Waals surface area contributed by atoms with Crippen LogP contribution in [0, 0.1) is 12.8 Å². The topological polar surface area (TPSA) is 86.8 Å². The van der Waals surface area contributed by atoms with Crippen LogP contribution in [0.15, 0.2) is 72.8 Å². The van der Waals surface area contributed by atoms with Crippen molar-refractivity contribution in [1.82, 2.24) is 10.2 Å². The molecule has 0 bridgehead atoms. The van der Waals surface area contributed by atoms with Crippen molar-refractivity contribution in [3.8, 4) is 0 Å². The van der Waals surface area contributed by atoms with E-state index in [4.69, 9.17) is 11.6 Å². The lowest BCUT2D eigenvalue weighted by molar-refractivity contribution is -0.140. The van der Waals surface area contributed by atoms with Gasteiger partial charge in [-0.25, -0.2) is 8.42 Å². The summed E-state index contributed by atoms with van der Waals surface area (Å²) in [5.74, 6) is -1.11. The second kappa shape index (κ2) is 14.3. The maximum Gasteiger partial charge on any atom is 0.416 e. The van der Waals surface area contributed by atoms with Crippen LogP contribution in [0.5, 0.6) is 0 Å². The summed E-state index contributed by atoms with van der Waals surface area (Å²) >= 11 is 6.19. The van der Waals surface area contributed by atoms with E-state index < -0.39 is 51.9 Å². The maximum atomic E-state index is 14.1. The fourth-order valence-electron chi connectivity index (χ4n) is 4.42. The number of anilines is 1. The van der Waals surface area contributed by atoms with E-state index in [1.807, 2.05) is 51.1 Å². The molecule has 0 heterocycles. The van der Waals surface area contributed by atoms with Crippen LogP contribution >= 0.6 is 11.6 Å². The van der Waals surface area contributed by atoms with Crippen LogP contribution in [0.3, 0.4) is 0 Å². The Morgan fingerprint density at radius 3 is 2.19 bits per heavy atom. The average Bonchev–Trinajstić information content (AvgIpc) is 2.93. The molecule has 0 aliphatic heterocycles. The number of carbonyl (C=O) groups excluding carboxylic acids is 2. The van der Waals surface area contributed by atoms with Gasteiger partial charge in [0.1, 0.15) is 12.6 Å². The summed E-state index contributed by atoms with van der Waals surface area (Å²) in [6.45, 7) is 5.09. The van der Waals surface area contributed by atoms with Crippen molar-refractivity contribution in [2.45, 2.75) is 46.0 Å². The summed E-state index contributed by atoms with van der Waals surface area (Å²) in [5, 5.41) is 2.59. The SMILES string of the molecule is Cc1ccccc1CN(C(=O)CN(c1cc(C(F)(F)F)ccc1Cl)S(C)(=O)=O)[C@@H](Cc1ccccc1)C(=O)NCC(C)C. The van der Waals surface area contributed by atoms with Crippen LogP contribution in [0.2, 0.25) is 5.02 Å². The number of alkyl halides is 3. The Morgan fingerprint density at radius 2 is 1.60 bits per heavy atom. The van der Waals surface area contributed by atoms with Crippen LogP contribution in [0.4, 0.5) is 18.9 Å². The smallest absolute Gasteiger partial charge is 0.354 e. The van der Waals surface area contributed by atoms with Crippen molar-refractivity contribution in [3.63, 3.8) is 0 Å². The molecule has 0 saturated heterocycles. The highest BCUT2D eigenvalue weighted by Gasteiger charge is 2.36. The molecule has 232 valence electrons. The summed E-state index contributed by atoms with van der Waals surface area (Å²) in [7, 11) is -4.31. The molecular weight excluding hydrogens is 603 g/mol. The van der Waals surface area contributed by atoms with Crippen molar-refractivity contribution in [3.05, 3.63) is 100 Å². The molecule has 2 amide bonds. The van der Waals surface area contributed by atoms with E-state index in [1.165, 1.54) is 4.90 Å². The van der Waals surface area contributed by atoms with E-state index >= 15 is 0 Å². The first-order valence-corrected chi connectivity index (χ1v) is 15.8. The van der Waals surface area contributed by atoms with Crippen LogP contribution in [-0.2, 0) is 38.8 Å². The number of nitrogens with zero attached hydrogens (tertiary/aromatic N) is 2. The minimum Gasteiger partial charge on any atom is -0.354 e. The monoisotopic (exact) mass is 637 g/mol. The van der Waals surface area contributed by atoms with E-state index in [0.717, 1.165) is 29.5 Å². The number of rotatable bonds is 12. The fraction of sp³-hybridized carbons (Fsp3) is 0.355. The molecule has 0 unspecified atom stereocenters. The summed E-state index contributed by atoms with van der Waals surface area (Å²) in [4.78, 5) is 29.1. The van der Waals surface area contributed by atoms with E-state index in [1.54, 1.807) is 24.3 Å². The predicted molar refractivity (Wildman–Crippen MR) is 162 cm³/mol. The zero-order chi connectivity index (χ0) is 31.9. The molecule has 3 aromatic rings. The number of hydrogen-bond donors (Lipinski definition) is 1. The zero-order valence-electron chi connectivity index (χ0n) is 24.4. The second-order valence-corrected chi connectivity index (χ2v) is 13.0. The van der Waals surface area contributed by atoms with Crippen molar-refractivity contribution < 1.29 is 31.2 Å². The molecule has 0 saturated carbocycles. The number of amides is 2. The minimum atomic E-state index is -4.78. The molecule has 43 heavy (non-hydrogen) atoms. The van der Waals surface area contributed by atoms with Gasteiger partial charge in [-0.3, -0.25) is 13.9 Å². The molecule has 0 aliphatic carbocycles. The van der Waals surface area contributed by atoms with Gasteiger partial charge in [0, 0.05) is 19.5 Å². The van der Waals surface area contributed by atoms with Crippen LogP contribution in [0.25, 0.3) is 0 Å². The lowest BCUT2D eigenvalue weighted by atomic mass is 10.0. The first-order valence-electron chi connectivity index (χ1n) is 13.6. The molecule has 3 aromatic carbocycles. The molecule has 0 aliphatic rings. The highest BCUT2D eigenvalue weighted by atomic mass is 35.5. The van der Waals surface area contributed by atoms with Gasteiger partial charge in [0.15, 0.2) is 0 Å². The number of carbonyl (C=O) groups is 2. The Kier molecular flexibility index (Phi) is 11.3. The van der Waals surface area contributed by atoms with Crippen molar-refractivity contribution in [1.29, 1.82) is 0 Å². The van der Waals surface area contributed by atoms with Gasteiger partial charge < -0.3 is 10.2 Å². The van der Waals surface area contributed by atoms with Gasteiger partial charge in [-0.15, -0.1) is 0 Å². The molecule has 7 nitrogen and oxygen atoms in total. The Labute approximate surface area is 255 Å². The summed E-state index contributed by atoms with van der Waals surface area (Å²) < 4.78 is 67.0. The van der Waals surface area contributed by atoms with Crippen molar-refractivity contribution in [2.24, 2.45) is 5.92 Å². The first-order chi connectivity index (χ1) is 20.1. The Hall–Kier alpha value is -3.57. The number of benzene rings is 3. The maximum absolute atomic E-state index is 14.1. The van der Waals surface area contributed by atoms with Crippen molar-refractivity contribution >= 4 is 39.1 Å². The molecular formula is C31H35ClF3N3O4S. The molecule has 0 radical (unpaired) electrons. The van der Waals surface area contributed by atoms with Crippen LogP contribution in [0.1, 0.15) is 36.1 Å². The van der Waals surface area contributed by atoms with Crippen LogP contribution < -0.4 is 9.62 Å². The third-order valence-electron chi connectivity index (χ3n) is 6.78. The standard InChI is InChI=1S/C31H35ClF3N3O4S/c1-21(2)18-36-30(40)28(16-23-11-6-5-7-12-23)37(19-24-13-9-8-10-22(24)3)29(39)20-38(43(4,41)42)27-17-25(31(33,34)35)14-15-26(27)32/h5-15,17,21,28H,16,18-20H2,1-4H3,(H,36,40)/t28-/m0/s1. The first kappa shape index (κ1) is 33.9. The predicted octanol–water partition coefficient (Wildman–Crippen LogP) is 5.85. The number of aryl methyl sites for hydroxylation is 1. The van der Waals surface area contributed by atoms with Crippen molar-refractivity contribution in [2.75, 3.05) is 23.7 Å². The Bertz CT molecular complexity index is 1530. The number of hydrogen-bond acceptors (Lipinski definition) is 4. The Balaban J connectivity index is 2.12. The zero-order valence-corrected chi connectivity index (χ0v) is 25.9. The van der Waals surface area contributed by atoms with E-state index in [-0.39, 0.29) is 23.9 Å². The normalized spacial score (nSPS) is 12.6. The highest BCUT2D eigenvalue weighted by molar-refractivity contribution is 7.92. The molecule has 12 heteroatoms. The van der Waals surface area contributed by atoms with Gasteiger partial charge in [0.25, 0.3) is 0 Å². The van der Waals surface area contributed by atoms with Gasteiger partial charge in [-0.05, 0) is 47.7 Å². The lowest BCUT2D eigenvalue weighted by Gasteiger charge is -2.34. The summed E-state index contributed by atoms with van der Waals surface area (Å²) in [6.07, 6.45) is -3.89. The van der Waals surface area contributed by atoms with Gasteiger partial charge in [0.2, 0.25) is 21.8 Å². The number of halogens is 4. The quantitative estimate of drug-likeness (QED) is 0.270. The molecule has 3 rings (SSSR count). The molecule has 1 N–H and O–H groups in total. The third kappa shape index (κ3) is 9.46. The van der Waals surface area contributed by atoms with Gasteiger partial charge in [-0.1, -0.05) is 80.0 Å². The summed E-state index contributed by atoms with van der Waals surface area (Å²) in [6, 6.07) is 17.5. The lowest BCUT2D eigenvalue weighted by Crippen LogP contribution is -2.53. The van der Waals surface area contributed by atoms with Gasteiger partial charge in [-0.2, -0.15) is 13.2 Å². The molecule has 1 atom stereocenters. The van der Waals surface area contributed by atoms with E-state index in [9.17, 15) is 31.2 Å². The average molecular weight is 638 g/mol. The van der Waals surface area contributed by atoms with E-state index in [2.05, 4.69) is 5.32 Å².